The number of nitriles is 1. The van der Waals surface area contributed by atoms with Crippen LogP contribution >= 0.6 is 0 Å². The third-order valence-electron chi connectivity index (χ3n) is 8.35. The Bertz CT molecular complexity index is 664. The lowest BCUT2D eigenvalue weighted by atomic mass is 9.46. The van der Waals surface area contributed by atoms with Gasteiger partial charge in [0.2, 0.25) is 0 Å². The Morgan fingerprint density at radius 3 is 2.67 bits per heavy atom. The Kier molecular flexibility index (Phi) is 3.34. The summed E-state index contributed by atoms with van der Waals surface area (Å²) < 4.78 is 0. The van der Waals surface area contributed by atoms with Crippen LogP contribution in [0.25, 0.3) is 0 Å². The minimum Gasteiger partial charge on any atom is -0.389 e. The van der Waals surface area contributed by atoms with Gasteiger partial charge in [0.25, 0.3) is 0 Å². The van der Waals surface area contributed by atoms with Gasteiger partial charge in [0, 0.05) is 11.8 Å². The SMILES string of the molecule is C[C@]12CCC(=O)C=C1CCC1C2CC[C@@]2(C)C1C[C@@H](O)[C@]2(O)C#N. The summed E-state index contributed by atoms with van der Waals surface area (Å²) in [5.41, 5.74) is -0.749. The van der Waals surface area contributed by atoms with Crippen LogP contribution in [-0.2, 0) is 4.79 Å². The van der Waals surface area contributed by atoms with Gasteiger partial charge in [0.15, 0.2) is 11.4 Å². The smallest absolute Gasteiger partial charge is 0.182 e. The number of rotatable bonds is 0. The molecule has 24 heavy (non-hydrogen) atoms. The first-order valence-electron chi connectivity index (χ1n) is 9.32. The van der Waals surface area contributed by atoms with E-state index in [1.165, 1.54) is 5.57 Å². The van der Waals surface area contributed by atoms with Gasteiger partial charge in [-0.05, 0) is 67.8 Å². The molecule has 0 radical (unpaired) electrons. The molecule has 7 atom stereocenters. The van der Waals surface area contributed by atoms with Crippen LogP contribution in [0.2, 0.25) is 0 Å². The average Bonchev–Trinajstić information content (AvgIpc) is 2.76. The molecule has 130 valence electrons. The zero-order valence-electron chi connectivity index (χ0n) is 14.6. The number of carbonyl (C=O) groups excluding carboxylic acids is 1. The summed E-state index contributed by atoms with van der Waals surface area (Å²) in [6.45, 7) is 4.32. The molecule has 0 saturated heterocycles. The molecule has 2 N–H and O–H groups in total. The van der Waals surface area contributed by atoms with Crippen LogP contribution < -0.4 is 0 Å². The Hall–Kier alpha value is -1.18. The summed E-state index contributed by atoms with van der Waals surface area (Å²) in [7, 11) is 0. The van der Waals surface area contributed by atoms with Gasteiger partial charge in [0.1, 0.15) is 6.07 Å². The number of aliphatic hydroxyl groups excluding tert-OH is 1. The lowest BCUT2D eigenvalue weighted by Crippen LogP contribution is -2.56. The van der Waals surface area contributed by atoms with Gasteiger partial charge in [-0.1, -0.05) is 19.4 Å². The van der Waals surface area contributed by atoms with Crippen LogP contribution in [0.4, 0.5) is 0 Å². The first-order chi connectivity index (χ1) is 11.3. The predicted molar refractivity (Wildman–Crippen MR) is 88.7 cm³/mol. The molecular formula is C20H27NO3. The third kappa shape index (κ3) is 1.78. The highest BCUT2D eigenvalue weighted by Crippen LogP contribution is 2.67. The van der Waals surface area contributed by atoms with E-state index in [9.17, 15) is 20.3 Å². The van der Waals surface area contributed by atoms with Gasteiger partial charge < -0.3 is 10.2 Å². The number of hydrogen-bond donors (Lipinski definition) is 2. The third-order valence-corrected chi connectivity index (χ3v) is 8.35. The normalized spacial score (nSPS) is 53.5. The van der Waals surface area contributed by atoms with Crippen molar-refractivity contribution in [1.29, 1.82) is 5.26 Å². The summed E-state index contributed by atoms with van der Waals surface area (Å²) in [6.07, 6.45) is 6.72. The average molecular weight is 329 g/mol. The van der Waals surface area contributed by atoms with Crippen molar-refractivity contribution in [3.8, 4) is 6.07 Å². The van der Waals surface area contributed by atoms with Gasteiger partial charge in [0.05, 0.1) is 6.10 Å². The highest BCUT2D eigenvalue weighted by molar-refractivity contribution is 5.91. The minimum absolute atomic E-state index is 0.0798. The Labute approximate surface area is 143 Å². The van der Waals surface area contributed by atoms with Crippen LogP contribution in [-0.4, -0.2) is 27.7 Å². The summed E-state index contributed by atoms with van der Waals surface area (Å²) >= 11 is 0. The number of allylic oxidation sites excluding steroid dienone is 1. The van der Waals surface area contributed by atoms with E-state index < -0.39 is 17.1 Å². The van der Waals surface area contributed by atoms with Crippen LogP contribution in [0.1, 0.15) is 58.8 Å². The van der Waals surface area contributed by atoms with Crippen LogP contribution in [0, 0.1) is 39.9 Å². The molecule has 0 aliphatic heterocycles. The van der Waals surface area contributed by atoms with Gasteiger partial charge in [-0.2, -0.15) is 5.26 Å². The fraction of sp³-hybridized carbons (Fsp3) is 0.800. The topological polar surface area (TPSA) is 81.3 Å². The van der Waals surface area contributed by atoms with Crippen molar-refractivity contribution in [2.24, 2.45) is 28.6 Å². The molecule has 4 nitrogen and oxygen atoms in total. The Balaban J connectivity index is 1.72. The van der Waals surface area contributed by atoms with E-state index in [2.05, 4.69) is 6.92 Å². The molecule has 4 aliphatic carbocycles. The highest BCUT2D eigenvalue weighted by atomic mass is 16.3. The molecule has 0 bridgehead atoms. The molecule has 4 rings (SSSR count). The zero-order chi connectivity index (χ0) is 17.3. The quantitative estimate of drug-likeness (QED) is 0.670. The molecule has 0 amide bonds. The number of aliphatic hydroxyl groups is 2. The molecule has 3 fully saturated rings. The molecule has 3 unspecified atom stereocenters. The fourth-order valence-electron chi connectivity index (χ4n) is 6.78. The fourth-order valence-corrected chi connectivity index (χ4v) is 6.78. The van der Waals surface area contributed by atoms with Crippen molar-refractivity contribution in [1.82, 2.24) is 0 Å². The molecular weight excluding hydrogens is 302 g/mol. The minimum atomic E-state index is -1.62. The van der Waals surface area contributed by atoms with Crippen LogP contribution in [0.3, 0.4) is 0 Å². The van der Waals surface area contributed by atoms with E-state index in [4.69, 9.17) is 0 Å². The predicted octanol–water partition coefficient (Wildman–Crippen LogP) is 2.74. The molecule has 0 spiro atoms. The molecule has 4 aliphatic rings. The van der Waals surface area contributed by atoms with Crippen LogP contribution in [0.15, 0.2) is 11.6 Å². The second kappa shape index (κ2) is 4.93. The van der Waals surface area contributed by atoms with Gasteiger partial charge in [-0.15, -0.1) is 0 Å². The lowest BCUT2D eigenvalue weighted by molar-refractivity contribution is -0.125. The van der Waals surface area contributed by atoms with E-state index in [1.807, 2.05) is 19.1 Å². The van der Waals surface area contributed by atoms with Crippen LogP contribution in [0.5, 0.6) is 0 Å². The number of nitrogens with zero attached hydrogens (tertiary/aromatic N) is 1. The second-order valence-corrected chi connectivity index (χ2v) is 9.05. The van der Waals surface area contributed by atoms with E-state index in [0.717, 1.165) is 32.1 Å². The molecule has 3 saturated carbocycles. The number of hydrogen-bond acceptors (Lipinski definition) is 4. The highest BCUT2D eigenvalue weighted by Gasteiger charge is 2.67. The maximum absolute atomic E-state index is 11.8. The monoisotopic (exact) mass is 329 g/mol. The molecule has 4 heteroatoms. The number of fused-ring (bicyclic) bond motifs is 5. The summed E-state index contributed by atoms with van der Waals surface area (Å²) in [5.74, 6) is 1.37. The Morgan fingerprint density at radius 2 is 1.96 bits per heavy atom. The summed E-state index contributed by atoms with van der Waals surface area (Å²) in [6, 6.07) is 2.05. The van der Waals surface area contributed by atoms with Gasteiger partial charge >= 0.3 is 0 Å². The lowest BCUT2D eigenvalue weighted by Gasteiger charge is -2.58. The van der Waals surface area contributed by atoms with Gasteiger partial charge in [-0.3, -0.25) is 4.79 Å². The summed E-state index contributed by atoms with van der Waals surface area (Å²) in [4.78, 5) is 11.8. The van der Waals surface area contributed by atoms with Crippen molar-refractivity contribution in [2.45, 2.75) is 70.5 Å². The van der Waals surface area contributed by atoms with Crippen molar-refractivity contribution >= 4 is 5.78 Å². The van der Waals surface area contributed by atoms with Crippen molar-refractivity contribution in [3.63, 3.8) is 0 Å². The largest absolute Gasteiger partial charge is 0.389 e. The standard InChI is InChI=1S/C20H27NO3/c1-18-7-5-13(22)9-12(18)3-4-14-15(18)6-8-19(2)16(14)10-17(23)20(19,24)11-21/h9,14-17,23-24H,3-8,10H2,1-2H3/t14?,15?,16?,17-,18+,19+,20-/m1/s1. The number of carbonyl (C=O) groups is 1. The zero-order valence-corrected chi connectivity index (χ0v) is 14.6. The first-order valence-corrected chi connectivity index (χ1v) is 9.32. The van der Waals surface area contributed by atoms with Crippen molar-refractivity contribution < 1.29 is 15.0 Å². The molecule has 0 heterocycles. The summed E-state index contributed by atoms with van der Waals surface area (Å²) in [5, 5.41) is 30.9. The first kappa shape index (κ1) is 16.3. The molecule has 0 aromatic rings. The molecule has 0 aromatic carbocycles. The maximum atomic E-state index is 11.8. The van der Waals surface area contributed by atoms with E-state index in [1.54, 1.807) is 0 Å². The van der Waals surface area contributed by atoms with Crippen molar-refractivity contribution in [2.75, 3.05) is 0 Å². The second-order valence-electron chi connectivity index (χ2n) is 9.05. The van der Waals surface area contributed by atoms with E-state index >= 15 is 0 Å². The molecule has 0 aromatic heterocycles. The number of ketones is 1. The van der Waals surface area contributed by atoms with Crippen molar-refractivity contribution in [3.05, 3.63) is 11.6 Å². The van der Waals surface area contributed by atoms with E-state index in [0.29, 0.717) is 24.7 Å². The maximum Gasteiger partial charge on any atom is 0.182 e. The van der Waals surface area contributed by atoms with Gasteiger partial charge in [-0.25, -0.2) is 0 Å². The Morgan fingerprint density at radius 1 is 1.21 bits per heavy atom. The van der Waals surface area contributed by atoms with E-state index in [-0.39, 0.29) is 17.1 Å².